The van der Waals surface area contributed by atoms with Crippen LogP contribution < -0.4 is 14.9 Å². The number of benzene rings is 2. The van der Waals surface area contributed by atoms with Crippen molar-refractivity contribution in [3.8, 4) is 17.6 Å². The summed E-state index contributed by atoms with van der Waals surface area (Å²) in [6, 6.07) is 13.7. The van der Waals surface area contributed by atoms with Crippen LogP contribution in [0.1, 0.15) is 23.0 Å². The smallest absolute Gasteiger partial charge is 0.307 e. The molecule has 3 rings (SSSR count). The normalized spacial score (nSPS) is 10.8. The molecule has 28 heavy (non-hydrogen) atoms. The molecule has 7 nitrogen and oxygen atoms in total. The fourth-order valence-electron chi connectivity index (χ4n) is 2.45. The molecule has 0 aliphatic carbocycles. The van der Waals surface area contributed by atoms with Gasteiger partial charge in [-0.05, 0) is 55.0 Å². The SMILES string of the molecule is CCOc1cc(/C=N/NC(=O)c2cc3cc(Cl)ccc3o2)ccc1OCC#N. The number of rotatable bonds is 7. The van der Waals surface area contributed by atoms with Crippen LogP contribution in [0, 0.1) is 11.3 Å². The van der Waals surface area contributed by atoms with E-state index in [4.69, 9.17) is 30.8 Å². The van der Waals surface area contributed by atoms with Gasteiger partial charge in [-0.3, -0.25) is 4.79 Å². The molecule has 0 saturated heterocycles. The molecule has 0 atom stereocenters. The van der Waals surface area contributed by atoms with Gasteiger partial charge in [0.15, 0.2) is 23.9 Å². The molecule has 8 heteroatoms. The van der Waals surface area contributed by atoms with Crippen LogP contribution in [0.4, 0.5) is 0 Å². The number of hydrogen-bond acceptors (Lipinski definition) is 6. The third-order valence-electron chi connectivity index (χ3n) is 3.64. The van der Waals surface area contributed by atoms with E-state index in [0.29, 0.717) is 34.3 Å². The summed E-state index contributed by atoms with van der Waals surface area (Å²) in [5.41, 5.74) is 3.66. The maximum atomic E-state index is 12.2. The van der Waals surface area contributed by atoms with Crippen LogP contribution in [0.3, 0.4) is 0 Å². The van der Waals surface area contributed by atoms with Gasteiger partial charge in [0, 0.05) is 10.4 Å². The van der Waals surface area contributed by atoms with Crippen molar-refractivity contribution in [3.63, 3.8) is 0 Å². The van der Waals surface area contributed by atoms with Crippen LogP contribution in [0.2, 0.25) is 5.02 Å². The van der Waals surface area contributed by atoms with Crippen LogP contribution in [-0.4, -0.2) is 25.3 Å². The highest BCUT2D eigenvalue weighted by molar-refractivity contribution is 6.31. The number of carbonyl (C=O) groups excluding carboxylic acids is 1. The van der Waals surface area contributed by atoms with Crippen LogP contribution in [0.15, 0.2) is 52.0 Å². The van der Waals surface area contributed by atoms with Crippen LogP contribution >= 0.6 is 11.6 Å². The van der Waals surface area contributed by atoms with Gasteiger partial charge < -0.3 is 13.9 Å². The molecule has 0 fully saturated rings. The van der Waals surface area contributed by atoms with Crippen molar-refractivity contribution in [2.75, 3.05) is 13.2 Å². The third kappa shape index (κ3) is 4.61. The summed E-state index contributed by atoms with van der Waals surface area (Å²) >= 11 is 5.93. The van der Waals surface area contributed by atoms with Gasteiger partial charge in [0.05, 0.1) is 12.8 Å². The van der Waals surface area contributed by atoms with Crippen molar-refractivity contribution in [1.82, 2.24) is 5.43 Å². The Kier molecular flexibility index (Phi) is 6.14. The Hall–Kier alpha value is -3.50. The maximum absolute atomic E-state index is 12.2. The molecular formula is C20H16ClN3O4. The molecule has 0 bridgehead atoms. The molecular weight excluding hydrogens is 382 g/mol. The lowest BCUT2D eigenvalue weighted by atomic mass is 10.2. The van der Waals surface area contributed by atoms with Crippen molar-refractivity contribution in [3.05, 3.63) is 58.8 Å². The van der Waals surface area contributed by atoms with E-state index < -0.39 is 5.91 Å². The lowest BCUT2D eigenvalue weighted by Gasteiger charge is -2.10. The highest BCUT2D eigenvalue weighted by atomic mass is 35.5. The number of amides is 1. The average molecular weight is 398 g/mol. The van der Waals surface area contributed by atoms with E-state index in [1.54, 1.807) is 42.5 Å². The molecule has 0 unspecified atom stereocenters. The number of fused-ring (bicyclic) bond motifs is 1. The zero-order valence-electron chi connectivity index (χ0n) is 14.9. The molecule has 1 N–H and O–H groups in total. The van der Waals surface area contributed by atoms with E-state index >= 15 is 0 Å². The molecule has 3 aromatic rings. The standard InChI is InChI=1S/C20H16ClN3O4/c1-2-26-18-9-13(3-5-17(18)27-8-7-22)12-23-24-20(25)19-11-14-10-15(21)4-6-16(14)28-19/h3-6,9-12H,2,8H2,1H3,(H,24,25)/b23-12+. The summed E-state index contributed by atoms with van der Waals surface area (Å²) in [5, 5.41) is 13.9. The number of nitriles is 1. The first kappa shape index (κ1) is 19.3. The second kappa shape index (κ2) is 8.93. The van der Waals surface area contributed by atoms with Gasteiger partial charge in [0.25, 0.3) is 0 Å². The highest BCUT2D eigenvalue weighted by Gasteiger charge is 2.12. The number of nitrogens with zero attached hydrogens (tertiary/aromatic N) is 2. The van der Waals surface area contributed by atoms with Gasteiger partial charge in [-0.25, -0.2) is 5.43 Å². The second-order valence-electron chi connectivity index (χ2n) is 5.58. The predicted octanol–water partition coefficient (Wildman–Crippen LogP) is 4.15. The molecule has 0 spiro atoms. The lowest BCUT2D eigenvalue weighted by molar-refractivity contribution is 0.0929. The average Bonchev–Trinajstić information content (AvgIpc) is 3.11. The molecule has 0 aliphatic heterocycles. The van der Waals surface area contributed by atoms with Crippen molar-refractivity contribution >= 4 is 34.7 Å². The Labute approximate surface area is 166 Å². The number of halogens is 1. The van der Waals surface area contributed by atoms with Crippen molar-refractivity contribution < 1.29 is 18.7 Å². The summed E-state index contributed by atoms with van der Waals surface area (Å²) < 4.78 is 16.3. The topological polar surface area (TPSA) is 96.8 Å². The monoisotopic (exact) mass is 397 g/mol. The second-order valence-corrected chi connectivity index (χ2v) is 6.01. The maximum Gasteiger partial charge on any atom is 0.307 e. The Balaban J connectivity index is 1.69. The van der Waals surface area contributed by atoms with Crippen LogP contribution in [0.5, 0.6) is 11.5 Å². The van der Waals surface area contributed by atoms with Crippen LogP contribution in [-0.2, 0) is 0 Å². The zero-order chi connectivity index (χ0) is 19.9. The van der Waals surface area contributed by atoms with E-state index in [0.717, 1.165) is 5.39 Å². The summed E-state index contributed by atoms with van der Waals surface area (Å²) in [4.78, 5) is 12.2. The first-order chi connectivity index (χ1) is 13.6. The molecule has 0 saturated carbocycles. The van der Waals surface area contributed by atoms with Gasteiger partial charge >= 0.3 is 5.91 Å². The first-order valence-electron chi connectivity index (χ1n) is 8.40. The minimum absolute atomic E-state index is 0.0771. The first-order valence-corrected chi connectivity index (χ1v) is 8.77. The van der Waals surface area contributed by atoms with Gasteiger partial charge in [-0.2, -0.15) is 10.4 Å². The Bertz CT molecular complexity index is 1070. The Morgan fingerprint density at radius 1 is 1.25 bits per heavy atom. The van der Waals surface area contributed by atoms with Gasteiger partial charge in [-0.15, -0.1) is 0 Å². The van der Waals surface area contributed by atoms with E-state index in [-0.39, 0.29) is 12.4 Å². The highest BCUT2D eigenvalue weighted by Crippen LogP contribution is 2.28. The molecule has 142 valence electrons. The van der Waals surface area contributed by atoms with E-state index in [2.05, 4.69) is 10.5 Å². The number of carbonyl (C=O) groups is 1. The molecule has 2 aromatic carbocycles. The number of hydrazone groups is 1. The third-order valence-corrected chi connectivity index (χ3v) is 3.88. The fraction of sp³-hybridized carbons (Fsp3) is 0.150. The number of furan rings is 1. The Morgan fingerprint density at radius 3 is 2.89 bits per heavy atom. The van der Waals surface area contributed by atoms with Crippen LogP contribution in [0.25, 0.3) is 11.0 Å². The molecule has 1 heterocycles. The molecule has 1 aromatic heterocycles. The van der Waals surface area contributed by atoms with Crippen molar-refractivity contribution in [2.45, 2.75) is 6.92 Å². The van der Waals surface area contributed by atoms with Gasteiger partial charge in [0.2, 0.25) is 0 Å². The van der Waals surface area contributed by atoms with E-state index in [1.165, 1.54) is 6.21 Å². The molecule has 1 amide bonds. The fourth-order valence-corrected chi connectivity index (χ4v) is 2.63. The number of ether oxygens (including phenoxy) is 2. The van der Waals surface area contributed by atoms with E-state index in [1.807, 2.05) is 13.0 Å². The molecule has 0 aliphatic rings. The quantitative estimate of drug-likeness (QED) is 0.477. The number of hydrogen-bond donors (Lipinski definition) is 1. The lowest BCUT2D eigenvalue weighted by Crippen LogP contribution is -2.16. The predicted molar refractivity (Wildman–Crippen MR) is 105 cm³/mol. The van der Waals surface area contributed by atoms with Gasteiger partial charge in [0.1, 0.15) is 11.7 Å². The molecule has 0 radical (unpaired) electrons. The zero-order valence-corrected chi connectivity index (χ0v) is 15.7. The summed E-state index contributed by atoms with van der Waals surface area (Å²) in [6.45, 7) is 2.21. The van der Waals surface area contributed by atoms with Gasteiger partial charge in [-0.1, -0.05) is 11.6 Å². The minimum Gasteiger partial charge on any atom is -0.490 e. The summed E-state index contributed by atoms with van der Waals surface area (Å²) in [5.74, 6) is 0.597. The van der Waals surface area contributed by atoms with E-state index in [9.17, 15) is 4.79 Å². The van der Waals surface area contributed by atoms with Crippen molar-refractivity contribution in [2.24, 2.45) is 5.10 Å². The van der Waals surface area contributed by atoms with Crippen molar-refractivity contribution in [1.29, 1.82) is 5.26 Å². The Morgan fingerprint density at radius 2 is 2.11 bits per heavy atom. The summed E-state index contributed by atoms with van der Waals surface area (Å²) in [6.07, 6.45) is 1.47. The summed E-state index contributed by atoms with van der Waals surface area (Å²) in [7, 11) is 0. The largest absolute Gasteiger partial charge is 0.490 e. The minimum atomic E-state index is -0.484. The number of nitrogens with one attached hydrogen (secondary N) is 1.